The van der Waals surface area contributed by atoms with Gasteiger partial charge < -0.3 is 4.74 Å². The second-order valence-corrected chi connectivity index (χ2v) is 4.02. The molecule has 0 aliphatic carbocycles. The van der Waals surface area contributed by atoms with Crippen LogP contribution in [0.1, 0.15) is 5.56 Å². The van der Waals surface area contributed by atoms with E-state index in [1.165, 1.54) is 10.5 Å². The second kappa shape index (κ2) is 3.94. The average Bonchev–Trinajstić information content (AvgIpc) is 2.38. The van der Waals surface area contributed by atoms with Crippen molar-refractivity contribution in [2.45, 2.75) is 10.3 Å². The fourth-order valence-electron chi connectivity index (χ4n) is 1.23. The molecule has 0 saturated heterocycles. The fourth-order valence-corrected chi connectivity index (χ4v) is 2.19. The van der Waals surface area contributed by atoms with Crippen LogP contribution in [-0.2, 0) is 4.74 Å². The first-order valence-corrected chi connectivity index (χ1v) is 5.06. The van der Waals surface area contributed by atoms with Gasteiger partial charge in [0.15, 0.2) is 0 Å². The van der Waals surface area contributed by atoms with E-state index in [-0.39, 0.29) is 5.44 Å². The standard InChI is InChI=1S/C10H11NOS/c1-12-10-7-11-6-8-4-2-3-5-9(8)13-10/h2-6,10H,7H2,1H3. The van der Waals surface area contributed by atoms with Crippen LogP contribution in [0.3, 0.4) is 0 Å². The molecule has 0 aromatic heterocycles. The Morgan fingerprint density at radius 2 is 2.31 bits per heavy atom. The van der Waals surface area contributed by atoms with Crippen LogP contribution in [0, 0.1) is 0 Å². The fraction of sp³-hybridized carbons (Fsp3) is 0.300. The normalized spacial score (nSPS) is 20.8. The van der Waals surface area contributed by atoms with Gasteiger partial charge in [0.1, 0.15) is 5.44 Å². The van der Waals surface area contributed by atoms with E-state index in [0.717, 1.165) is 6.54 Å². The summed E-state index contributed by atoms with van der Waals surface area (Å²) in [6, 6.07) is 8.24. The Morgan fingerprint density at radius 3 is 3.15 bits per heavy atom. The molecule has 1 atom stereocenters. The zero-order valence-corrected chi connectivity index (χ0v) is 8.25. The minimum atomic E-state index is 0.153. The molecule has 1 heterocycles. The summed E-state index contributed by atoms with van der Waals surface area (Å²) in [7, 11) is 1.72. The lowest BCUT2D eigenvalue weighted by atomic mass is 10.2. The number of rotatable bonds is 1. The quantitative estimate of drug-likeness (QED) is 0.682. The first kappa shape index (κ1) is 8.78. The van der Waals surface area contributed by atoms with Crippen LogP contribution in [0.4, 0.5) is 0 Å². The maximum atomic E-state index is 5.28. The number of nitrogens with zero attached hydrogens (tertiary/aromatic N) is 1. The number of methoxy groups -OCH3 is 1. The molecule has 0 saturated carbocycles. The van der Waals surface area contributed by atoms with E-state index in [1.807, 2.05) is 18.3 Å². The first-order valence-electron chi connectivity index (χ1n) is 4.18. The lowest BCUT2D eigenvalue weighted by Gasteiger charge is -2.10. The van der Waals surface area contributed by atoms with Gasteiger partial charge in [0.2, 0.25) is 0 Å². The van der Waals surface area contributed by atoms with E-state index < -0.39 is 0 Å². The van der Waals surface area contributed by atoms with Crippen molar-refractivity contribution >= 4 is 18.0 Å². The molecule has 0 radical (unpaired) electrons. The van der Waals surface area contributed by atoms with Crippen molar-refractivity contribution in [2.24, 2.45) is 4.99 Å². The lowest BCUT2D eigenvalue weighted by Crippen LogP contribution is -2.07. The minimum absolute atomic E-state index is 0.153. The van der Waals surface area contributed by atoms with E-state index in [2.05, 4.69) is 17.1 Å². The van der Waals surface area contributed by atoms with Crippen LogP contribution >= 0.6 is 11.8 Å². The van der Waals surface area contributed by atoms with Gasteiger partial charge in [-0.3, -0.25) is 4.99 Å². The van der Waals surface area contributed by atoms with Crippen molar-refractivity contribution in [3.05, 3.63) is 29.8 Å². The third-order valence-corrected chi connectivity index (χ3v) is 3.16. The SMILES string of the molecule is COC1CN=Cc2ccccc2S1. The molecule has 13 heavy (non-hydrogen) atoms. The molecule has 2 rings (SSSR count). The van der Waals surface area contributed by atoms with Crippen molar-refractivity contribution in [2.75, 3.05) is 13.7 Å². The van der Waals surface area contributed by atoms with Crippen molar-refractivity contribution in [1.82, 2.24) is 0 Å². The number of benzene rings is 1. The largest absolute Gasteiger partial charge is 0.369 e. The number of hydrogen-bond acceptors (Lipinski definition) is 3. The molecular weight excluding hydrogens is 182 g/mol. The van der Waals surface area contributed by atoms with Crippen molar-refractivity contribution in [3.8, 4) is 0 Å². The van der Waals surface area contributed by atoms with Gasteiger partial charge >= 0.3 is 0 Å². The topological polar surface area (TPSA) is 21.6 Å². The summed E-state index contributed by atoms with van der Waals surface area (Å²) >= 11 is 1.73. The Morgan fingerprint density at radius 1 is 1.46 bits per heavy atom. The van der Waals surface area contributed by atoms with E-state index in [1.54, 1.807) is 18.9 Å². The summed E-state index contributed by atoms with van der Waals surface area (Å²) in [5.41, 5.74) is 1.34. The molecule has 0 bridgehead atoms. The number of hydrogen-bond donors (Lipinski definition) is 0. The molecule has 2 nitrogen and oxygen atoms in total. The molecule has 1 aliphatic rings. The molecular formula is C10H11NOS. The van der Waals surface area contributed by atoms with Crippen molar-refractivity contribution < 1.29 is 4.74 Å². The van der Waals surface area contributed by atoms with E-state index in [9.17, 15) is 0 Å². The summed E-state index contributed by atoms with van der Waals surface area (Å²) < 4.78 is 5.28. The molecule has 0 N–H and O–H groups in total. The maximum Gasteiger partial charge on any atom is 0.126 e. The smallest absolute Gasteiger partial charge is 0.126 e. The number of aliphatic imine (C=N–C) groups is 1. The van der Waals surface area contributed by atoms with E-state index in [0.29, 0.717) is 0 Å². The third-order valence-electron chi connectivity index (χ3n) is 1.93. The Balaban J connectivity index is 2.32. The average molecular weight is 193 g/mol. The number of fused-ring (bicyclic) bond motifs is 1. The molecule has 0 amide bonds. The van der Waals surface area contributed by atoms with Crippen LogP contribution in [-0.4, -0.2) is 25.3 Å². The summed E-state index contributed by atoms with van der Waals surface area (Å²) in [5, 5.41) is 0. The van der Waals surface area contributed by atoms with Gasteiger partial charge in [-0.1, -0.05) is 30.0 Å². The van der Waals surface area contributed by atoms with Crippen LogP contribution in [0.25, 0.3) is 0 Å². The summed E-state index contributed by atoms with van der Waals surface area (Å²) in [6.07, 6.45) is 1.92. The zero-order chi connectivity index (χ0) is 9.10. The summed E-state index contributed by atoms with van der Waals surface area (Å²) in [5.74, 6) is 0. The van der Waals surface area contributed by atoms with Crippen LogP contribution in [0.2, 0.25) is 0 Å². The van der Waals surface area contributed by atoms with Gasteiger partial charge in [0, 0.05) is 23.8 Å². The molecule has 1 aromatic rings. The minimum Gasteiger partial charge on any atom is -0.369 e. The predicted molar refractivity (Wildman–Crippen MR) is 55.6 cm³/mol. The van der Waals surface area contributed by atoms with Gasteiger partial charge in [0.05, 0.1) is 6.54 Å². The molecule has 0 spiro atoms. The first-order chi connectivity index (χ1) is 6.40. The van der Waals surface area contributed by atoms with Gasteiger partial charge in [-0.25, -0.2) is 0 Å². The van der Waals surface area contributed by atoms with Gasteiger partial charge in [-0.15, -0.1) is 0 Å². The molecule has 0 fully saturated rings. The highest BCUT2D eigenvalue weighted by Crippen LogP contribution is 2.28. The number of ether oxygens (including phenoxy) is 1. The highest BCUT2D eigenvalue weighted by atomic mass is 32.2. The van der Waals surface area contributed by atoms with Gasteiger partial charge in [-0.2, -0.15) is 0 Å². The van der Waals surface area contributed by atoms with Gasteiger partial charge in [-0.05, 0) is 6.07 Å². The lowest BCUT2D eigenvalue weighted by molar-refractivity contribution is 0.180. The summed E-state index contributed by atoms with van der Waals surface area (Å²) in [6.45, 7) is 0.732. The molecule has 1 aromatic carbocycles. The van der Waals surface area contributed by atoms with E-state index >= 15 is 0 Å². The highest BCUT2D eigenvalue weighted by Gasteiger charge is 2.13. The Labute approximate surface area is 82.0 Å². The maximum absolute atomic E-state index is 5.28. The van der Waals surface area contributed by atoms with Gasteiger partial charge in [0.25, 0.3) is 0 Å². The van der Waals surface area contributed by atoms with Crippen molar-refractivity contribution in [3.63, 3.8) is 0 Å². The molecule has 3 heteroatoms. The number of thioether (sulfide) groups is 1. The monoisotopic (exact) mass is 193 g/mol. The Kier molecular flexibility index (Phi) is 2.66. The van der Waals surface area contributed by atoms with Crippen LogP contribution in [0.5, 0.6) is 0 Å². The third kappa shape index (κ3) is 1.92. The van der Waals surface area contributed by atoms with Crippen LogP contribution in [0.15, 0.2) is 34.2 Å². The molecule has 1 aliphatic heterocycles. The molecule has 1 unspecified atom stereocenters. The highest BCUT2D eigenvalue weighted by molar-refractivity contribution is 7.99. The Bertz CT molecular complexity index is 324. The van der Waals surface area contributed by atoms with Crippen LogP contribution < -0.4 is 0 Å². The Hall–Kier alpha value is -0.800. The zero-order valence-electron chi connectivity index (χ0n) is 7.43. The predicted octanol–water partition coefficient (Wildman–Crippen LogP) is 2.18. The second-order valence-electron chi connectivity index (χ2n) is 2.82. The van der Waals surface area contributed by atoms with E-state index in [4.69, 9.17) is 4.74 Å². The van der Waals surface area contributed by atoms with Crippen molar-refractivity contribution in [1.29, 1.82) is 0 Å². The molecule has 68 valence electrons. The summed E-state index contributed by atoms with van der Waals surface area (Å²) in [4.78, 5) is 5.54.